The summed E-state index contributed by atoms with van der Waals surface area (Å²) >= 11 is 0. The van der Waals surface area contributed by atoms with Crippen LogP contribution in [0.2, 0.25) is 0 Å². The van der Waals surface area contributed by atoms with Crippen LogP contribution in [0.15, 0.2) is 67.0 Å². The Morgan fingerprint density at radius 1 is 0.733 bits per heavy atom. The maximum absolute atomic E-state index is 8.36. The number of benzene rings is 1. The van der Waals surface area contributed by atoms with Crippen molar-refractivity contribution in [3.63, 3.8) is 0 Å². The summed E-state index contributed by atoms with van der Waals surface area (Å²) in [6, 6.07) is 17.7. The summed E-state index contributed by atoms with van der Waals surface area (Å²) in [7, 11) is 0. The topological polar surface area (TPSA) is 50.2 Å². The highest BCUT2D eigenvalue weighted by Gasteiger charge is 1.58. The highest BCUT2D eigenvalue weighted by Crippen LogP contribution is 1.79. The average Bonchev–Trinajstić information content (AvgIpc) is 2.35. The average molecular weight is 203 g/mol. The van der Waals surface area contributed by atoms with E-state index in [1.807, 2.05) is 54.6 Å². The summed E-state index contributed by atoms with van der Waals surface area (Å²) in [5.74, 6) is 0. The highest BCUT2D eigenvalue weighted by atomic mass is 16.3. The molecule has 3 nitrogen and oxygen atoms in total. The Hall–Kier alpha value is -2.16. The molecule has 0 spiro atoms. The molecule has 0 fully saturated rings. The van der Waals surface area contributed by atoms with Gasteiger partial charge in [0.1, 0.15) is 0 Å². The molecule has 1 aromatic carbocycles. The van der Waals surface area contributed by atoms with E-state index in [4.69, 9.17) is 9.90 Å². The zero-order chi connectivity index (χ0) is 11.2. The Balaban J connectivity index is 0.000000210. The van der Waals surface area contributed by atoms with Gasteiger partial charge in [-0.05, 0) is 12.1 Å². The first kappa shape index (κ1) is 12.8. The Bertz CT molecular complexity index is 226. The molecule has 1 heterocycles. The van der Waals surface area contributed by atoms with E-state index < -0.39 is 0 Å². The molecular formula is C12H13NO2. The van der Waals surface area contributed by atoms with E-state index in [1.54, 1.807) is 12.4 Å². The second kappa shape index (κ2) is 11.8. The van der Waals surface area contributed by atoms with E-state index in [9.17, 15) is 0 Å². The van der Waals surface area contributed by atoms with Crippen molar-refractivity contribution < 1.29 is 9.90 Å². The van der Waals surface area contributed by atoms with E-state index in [1.165, 1.54) is 0 Å². The number of carboxylic acid groups (broad SMARTS) is 1. The lowest BCUT2D eigenvalue weighted by Gasteiger charge is -1.70. The maximum atomic E-state index is 8.36. The standard InChI is InChI=1S/C6H6.C5H5N.CH2O2/c2*1-2-4-6-5-3-1;2-1-3/h1-6H;1-5H;1H,(H,2,3). The van der Waals surface area contributed by atoms with Crippen molar-refractivity contribution in [2.24, 2.45) is 0 Å². The SMILES string of the molecule is O=CO.c1ccccc1.c1ccncc1. The molecule has 0 saturated carbocycles. The highest BCUT2D eigenvalue weighted by molar-refractivity contribution is 5.32. The maximum Gasteiger partial charge on any atom is 0.290 e. The summed E-state index contributed by atoms with van der Waals surface area (Å²) in [4.78, 5) is 12.1. The van der Waals surface area contributed by atoms with Crippen LogP contribution in [0.4, 0.5) is 0 Å². The summed E-state index contributed by atoms with van der Waals surface area (Å²) in [5.41, 5.74) is 0. The molecule has 2 rings (SSSR count). The van der Waals surface area contributed by atoms with Gasteiger partial charge in [0.2, 0.25) is 0 Å². The van der Waals surface area contributed by atoms with Crippen LogP contribution in [0.1, 0.15) is 0 Å². The molecule has 78 valence electrons. The van der Waals surface area contributed by atoms with Crippen LogP contribution < -0.4 is 0 Å². The van der Waals surface area contributed by atoms with Gasteiger partial charge in [-0.15, -0.1) is 0 Å². The van der Waals surface area contributed by atoms with Gasteiger partial charge in [-0.25, -0.2) is 0 Å². The van der Waals surface area contributed by atoms with Crippen LogP contribution in [0.25, 0.3) is 0 Å². The molecule has 3 heteroatoms. The quantitative estimate of drug-likeness (QED) is 0.669. The molecule has 0 saturated heterocycles. The number of hydrogen-bond acceptors (Lipinski definition) is 2. The van der Waals surface area contributed by atoms with Crippen molar-refractivity contribution in [1.29, 1.82) is 0 Å². The monoisotopic (exact) mass is 203 g/mol. The summed E-state index contributed by atoms with van der Waals surface area (Å²) in [6.45, 7) is -0.250. The van der Waals surface area contributed by atoms with Crippen molar-refractivity contribution in [2.75, 3.05) is 0 Å². The molecule has 0 bridgehead atoms. The molecule has 0 radical (unpaired) electrons. The molecule has 2 aromatic rings. The second-order valence-electron chi connectivity index (χ2n) is 2.28. The fourth-order valence-corrected chi connectivity index (χ4v) is 0.698. The van der Waals surface area contributed by atoms with Crippen LogP contribution in [0, 0.1) is 0 Å². The molecule has 0 aliphatic carbocycles. The van der Waals surface area contributed by atoms with E-state index in [0.29, 0.717) is 0 Å². The van der Waals surface area contributed by atoms with Crippen LogP contribution in [0.3, 0.4) is 0 Å². The van der Waals surface area contributed by atoms with Gasteiger partial charge in [0.15, 0.2) is 0 Å². The van der Waals surface area contributed by atoms with Crippen molar-refractivity contribution in [3.05, 3.63) is 67.0 Å². The fourth-order valence-electron chi connectivity index (χ4n) is 0.698. The predicted octanol–water partition coefficient (Wildman–Crippen LogP) is 2.47. The lowest BCUT2D eigenvalue weighted by Crippen LogP contribution is -1.58. The molecular weight excluding hydrogens is 190 g/mol. The van der Waals surface area contributed by atoms with Gasteiger partial charge in [-0.3, -0.25) is 9.78 Å². The van der Waals surface area contributed by atoms with Crippen LogP contribution in [0.5, 0.6) is 0 Å². The van der Waals surface area contributed by atoms with Gasteiger partial charge in [0, 0.05) is 12.4 Å². The lowest BCUT2D eigenvalue weighted by molar-refractivity contribution is -0.122. The van der Waals surface area contributed by atoms with Crippen molar-refractivity contribution in [2.45, 2.75) is 0 Å². The summed E-state index contributed by atoms with van der Waals surface area (Å²) in [5, 5.41) is 6.89. The van der Waals surface area contributed by atoms with E-state index in [0.717, 1.165) is 0 Å². The van der Waals surface area contributed by atoms with Gasteiger partial charge < -0.3 is 5.11 Å². The van der Waals surface area contributed by atoms with Crippen LogP contribution >= 0.6 is 0 Å². The Morgan fingerprint density at radius 2 is 1.00 bits per heavy atom. The smallest absolute Gasteiger partial charge is 0.290 e. The van der Waals surface area contributed by atoms with Crippen molar-refractivity contribution >= 4 is 6.47 Å². The van der Waals surface area contributed by atoms with E-state index in [2.05, 4.69) is 4.98 Å². The minimum atomic E-state index is -0.250. The van der Waals surface area contributed by atoms with Gasteiger partial charge in [0.05, 0.1) is 0 Å². The second-order valence-corrected chi connectivity index (χ2v) is 2.28. The third-order valence-corrected chi connectivity index (χ3v) is 1.23. The molecule has 0 aliphatic heterocycles. The molecule has 0 atom stereocenters. The van der Waals surface area contributed by atoms with Gasteiger partial charge in [0.25, 0.3) is 6.47 Å². The first-order chi connectivity index (χ1) is 7.41. The number of nitrogens with zero attached hydrogens (tertiary/aromatic N) is 1. The first-order valence-electron chi connectivity index (χ1n) is 4.34. The summed E-state index contributed by atoms with van der Waals surface area (Å²) in [6.07, 6.45) is 3.50. The Kier molecular flexibility index (Phi) is 10.1. The van der Waals surface area contributed by atoms with Gasteiger partial charge in [-0.1, -0.05) is 42.5 Å². The number of hydrogen-bond donors (Lipinski definition) is 1. The minimum Gasteiger partial charge on any atom is -0.483 e. The molecule has 1 N–H and O–H groups in total. The third-order valence-electron chi connectivity index (χ3n) is 1.23. The molecule has 0 amide bonds. The van der Waals surface area contributed by atoms with E-state index in [-0.39, 0.29) is 6.47 Å². The number of aromatic nitrogens is 1. The van der Waals surface area contributed by atoms with Crippen LogP contribution in [-0.2, 0) is 4.79 Å². The first-order valence-corrected chi connectivity index (χ1v) is 4.34. The largest absolute Gasteiger partial charge is 0.483 e. The zero-order valence-corrected chi connectivity index (χ0v) is 8.23. The normalized spacial score (nSPS) is 7.20. The third kappa shape index (κ3) is 11.8. The predicted molar refractivity (Wildman–Crippen MR) is 59.4 cm³/mol. The molecule has 1 aromatic heterocycles. The van der Waals surface area contributed by atoms with Gasteiger partial charge in [-0.2, -0.15) is 0 Å². The molecule has 15 heavy (non-hydrogen) atoms. The fraction of sp³-hybridized carbons (Fsp3) is 0. The van der Waals surface area contributed by atoms with Crippen molar-refractivity contribution in [3.8, 4) is 0 Å². The summed E-state index contributed by atoms with van der Waals surface area (Å²) < 4.78 is 0. The number of carbonyl (C=O) groups is 1. The van der Waals surface area contributed by atoms with E-state index >= 15 is 0 Å². The Morgan fingerprint density at radius 3 is 1.13 bits per heavy atom. The molecule has 0 aliphatic rings. The van der Waals surface area contributed by atoms with Gasteiger partial charge >= 0.3 is 0 Å². The Labute approximate surface area is 89.0 Å². The van der Waals surface area contributed by atoms with Crippen LogP contribution in [-0.4, -0.2) is 16.6 Å². The van der Waals surface area contributed by atoms with Crippen molar-refractivity contribution in [1.82, 2.24) is 4.98 Å². The molecule has 0 unspecified atom stereocenters. The zero-order valence-electron chi connectivity index (χ0n) is 8.23. The minimum absolute atomic E-state index is 0.250. The number of pyridine rings is 1. The number of rotatable bonds is 0. The lowest BCUT2D eigenvalue weighted by atomic mass is 10.4.